The third-order valence-corrected chi connectivity index (χ3v) is 3.28. The summed E-state index contributed by atoms with van der Waals surface area (Å²) in [5, 5.41) is 0.661. The van der Waals surface area contributed by atoms with Crippen LogP contribution in [0.5, 0.6) is 0 Å². The second kappa shape index (κ2) is 7.25. The summed E-state index contributed by atoms with van der Waals surface area (Å²) in [6.07, 6.45) is 3.15. The highest BCUT2D eigenvalue weighted by atomic mass is 35.5. The Hall–Kier alpha value is -1.13. The first-order valence-electron chi connectivity index (χ1n) is 5.14. The summed E-state index contributed by atoms with van der Waals surface area (Å²) in [5.41, 5.74) is 6.33. The van der Waals surface area contributed by atoms with Crippen molar-refractivity contribution in [1.82, 2.24) is 0 Å². The number of halogens is 1. The van der Waals surface area contributed by atoms with E-state index in [1.165, 1.54) is 17.8 Å². The molecule has 0 heterocycles. The lowest BCUT2D eigenvalue weighted by molar-refractivity contribution is -0.137. The molecule has 1 aromatic rings. The summed E-state index contributed by atoms with van der Waals surface area (Å²) in [6, 6.07) is 5.32. The van der Waals surface area contributed by atoms with Gasteiger partial charge in [-0.25, -0.2) is 4.79 Å². The Kier molecular flexibility index (Phi) is 5.94. The van der Waals surface area contributed by atoms with Gasteiger partial charge in [0.2, 0.25) is 0 Å². The van der Waals surface area contributed by atoms with Crippen molar-refractivity contribution < 1.29 is 9.53 Å². The molecule has 0 fully saturated rings. The van der Waals surface area contributed by atoms with Gasteiger partial charge in [0.05, 0.1) is 11.6 Å². The Labute approximate surface area is 110 Å². The summed E-state index contributed by atoms with van der Waals surface area (Å²) in [6.45, 7) is 2.16. The number of carbonyl (C=O) groups is 1. The van der Waals surface area contributed by atoms with Crippen LogP contribution in [-0.4, -0.2) is 18.3 Å². The number of hydrogen-bond acceptors (Lipinski definition) is 4. The number of esters is 1. The van der Waals surface area contributed by atoms with E-state index in [0.29, 0.717) is 23.1 Å². The summed E-state index contributed by atoms with van der Waals surface area (Å²) in [7, 11) is 0. The zero-order chi connectivity index (χ0) is 12.7. The maximum atomic E-state index is 11.0. The normalized spacial score (nSPS) is 10.7. The molecule has 5 heteroatoms. The average molecular weight is 272 g/mol. The molecule has 0 amide bonds. The highest BCUT2D eigenvalue weighted by Gasteiger charge is 2.00. The molecule has 0 aromatic heterocycles. The standard InChI is InChI=1S/C12H14ClNO2S/c1-2-16-12(15)4-3-7-17-11-8-9(14)5-6-10(11)13/h3-6,8H,2,7,14H2,1H3/b4-3+. The maximum absolute atomic E-state index is 11.0. The van der Waals surface area contributed by atoms with E-state index in [4.69, 9.17) is 22.1 Å². The van der Waals surface area contributed by atoms with Crippen LogP contribution in [0.3, 0.4) is 0 Å². The van der Waals surface area contributed by atoms with Crippen molar-refractivity contribution >= 4 is 35.0 Å². The van der Waals surface area contributed by atoms with E-state index in [2.05, 4.69) is 0 Å². The Morgan fingerprint density at radius 3 is 3.06 bits per heavy atom. The first-order chi connectivity index (χ1) is 8.13. The molecule has 0 aliphatic heterocycles. The van der Waals surface area contributed by atoms with Crippen LogP contribution in [-0.2, 0) is 9.53 Å². The van der Waals surface area contributed by atoms with Crippen LogP contribution in [0.2, 0.25) is 5.02 Å². The SMILES string of the molecule is CCOC(=O)/C=C/CSc1cc(N)ccc1Cl. The number of nitrogens with two attached hydrogens (primary N) is 1. The molecule has 0 saturated heterocycles. The molecule has 3 nitrogen and oxygen atoms in total. The Morgan fingerprint density at radius 2 is 2.35 bits per heavy atom. The predicted molar refractivity (Wildman–Crippen MR) is 72.4 cm³/mol. The van der Waals surface area contributed by atoms with Gasteiger partial charge in [-0.1, -0.05) is 17.7 Å². The highest BCUT2D eigenvalue weighted by Crippen LogP contribution is 2.28. The third kappa shape index (κ3) is 5.15. The Morgan fingerprint density at radius 1 is 1.59 bits per heavy atom. The molecule has 0 bridgehead atoms. The lowest BCUT2D eigenvalue weighted by atomic mass is 10.3. The number of carbonyl (C=O) groups excluding carboxylic acids is 1. The predicted octanol–water partition coefficient (Wildman–Crippen LogP) is 3.13. The molecule has 1 rings (SSSR count). The van der Waals surface area contributed by atoms with Crippen LogP contribution in [0.1, 0.15) is 6.92 Å². The molecule has 0 aliphatic rings. The van der Waals surface area contributed by atoms with Gasteiger partial charge in [0.15, 0.2) is 0 Å². The van der Waals surface area contributed by atoms with Crippen molar-refractivity contribution in [3.05, 3.63) is 35.4 Å². The van der Waals surface area contributed by atoms with E-state index in [1.807, 2.05) is 6.07 Å². The summed E-state index contributed by atoms with van der Waals surface area (Å²) in [5.74, 6) is 0.314. The highest BCUT2D eigenvalue weighted by molar-refractivity contribution is 7.99. The molecule has 17 heavy (non-hydrogen) atoms. The van der Waals surface area contributed by atoms with Gasteiger partial charge in [0.1, 0.15) is 0 Å². The summed E-state index contributed by atoms with van der Waals surface area (Å²) in [4.78, 5) is 11.9. The number of nitrogen functional groups attached to an aromatic ring is 1. The van der Waals surface area contributed by atoms with Gasteiger partial charge in [-0.3, -0.25) is 0 Å². The zero-order valence-corrected chi connectivity index (χ0v) is 11.1. The third-order valence-electron chi connectivity index (χ3n) is 1.83. The van der Waals surface area contributed by atoms with E-state index in [0.717, 1.165) is 4.90 Å². The Balaban J connectivity index is 2.45. The lowest BCUT2D eigenvalue weighted by Crippen LogP contribution is -1.98. The fourth-order valence-corrected chi connectivity index (χ4v) is 2.18. The number of anilines is 1. The van der Waals surface area contributed by atoms with Gasteiger partial charge < -0.3 is 10.5 Å². The van der Waals surface area contributed by atoms with Gasteiger partial charge in [0, 0.05) is 22.4 Å². The molecule has 0 aliphatic carbocycles. The summed E-state index contributed by atoms with van der Waals surface area (Å²) >= 11 is 7.51. The van der Waals surface area contributed by atoms with Crippen LogP contribution >= 0.6 is 23.4 Å². The van der Waals surface area contributed by atoms with Crippen molar-refractivity contribution in [1.29, 1.82) is 0 Å². The van der Waals surface area contributed by atoms with Crippen LogP contribution in [0.25, 0.3) is 0 Å². The van der Waals surface area contributed by atoms with E-state index >= 15 is 0 Å². The minimum absolute atomic E-state index is 0.327. The molecule has 0 radical (unpaired) electrons. The van der Waals surface area contributed by atoms with Crippen LogP contribution in [0, 0.1) is 0 Å². The average Bonchev–Trinajstić information content (AvgIpc) is 2.29. The van der Waals surface area contributed by atoms with E-state index < -0.39 is 0 Å². The van der Waals surface area contributed by atoms with Gasteiger partial charge in [-0.15, -0.1) is 11.8 Å². The van der Waals surface area contributed by atoms with Crippen LogP contribution < -0.4 is 5.73 Å². The minimum atomic E-state index is -0.327. The minimum Gasteiger partial charge on any atom is -0.463 e. The fourth-order valence-electron chi connectivity index (χ4n) is 1.10. The fraction of sp³-hybridized carbons (Fsp3) is 0.250. The maximum Gasteiger partial charge on any atom is 0.330 e. The van der Waals surface area contributed by atoms with Gasteiger partial charge >= 0.3 is 5.97 Å². The molecule has 0 spiro atoms. The molecule has 0 unspecified atom stereocenters. The first-order valence-corrected chi connectivity index (χ1v) is 6.51. The largest absolute Gasteiger partial charge is 0.463 e. The van der Waals surface area contributed by atoms with Crippen molar-refractivity contribution in [3.8, 4) is 0 Å². The second-order valence-electron chi connectivity index (χ2n) is 3.16. The quantitative estimate of drug-likeness (QED) is 0.387. The smallest absolute Gasteiger partial charge is 0.330 e. The van der Waals surface area contributed by atoms with Gasteiger partial charge in [0.25, 0.3) is 0 Å². The van der Waals surface area contributed by atoms with Crippen LogP contribution in [0.15, 0.2) is 35.2 Å². The van der Waals surface area contributed by atoms with Crippen molar-refractivity contribution in [2.45, 2.75) is 11.8 Å². The molecular weight excluding hydrogens is 258 g/mol. The van der Waals surface area contributed by atoms with Crippen molar-refractivity contribution in [2.24, 2.45) is 0 Å². The molecular formula is C12H14ClNO2S. The van der Waals surface area contributed by atoms with E-state index in [-0.39, 0.29) is 5.97 Å². The number of thioether (sulfide) groups is 1. The van der Waals surface area contributed by atoms with Gasteiger partial charge in [-0.2, -0.15) is 0 Å². The van der Waals surface area contributed by atoms with E-state index in [9.17, 15) is 4.79 Å². The Bertz CT molecular complexity index is 421. The number of hydrogen-bond donors (Lipinski definition) is 1. The van der Waals surface area contributed by atoms with Gasteiger partial charge in [-0.05, 0) is 25.1 Å². The number of rotatable bonds is 5. The first kappa shape index (κ1) is 13.9. The zero-order valence-electron chi connectivity index (χ0n) is 9.48. The van der Waals surface area contributed by atoms with E-state index in [1.54, 1.807) is 25.1 Å². The van der Waals surface area contributed by atoms with Crippen molar-refractivity contribution in [3.63, 3.8) is 0 Å². The van der Waals surface area contributed by atoms with Crippen LogP contribution in [0.4, 0.5) is 5.69 Å². The monoisotopic (exact) mass is 271 g/mol. The summed E-state index contributed by atoms with van der Waals surface area (Å²) < 4.78 is 4.76. The molecule has 2 N–H and O–H groups in total. The lowest BCUT2D eigenvalue weighted by Gasteiger charge is -2.02. The van der Waals surface area contributed by atoms with Crippen molar-refractivity contribution in [2.75, 3.05) is 18.1 Å². The topological polar surface area (TPSA) is 52.3 Å². The molecule has 0 saturated carbocycles. The number of ether oxygens (including phenoxy) is 1. The molecule has 1 aromatic carbocycles. The number of benzene rings is 1. The second-order valence-corrected chi connectivity index (χ2v) is 4.62. The molecule has 0 atom stereocenters. The molecule has 92 valence electrons.